The maximum absolute atomic E-state index is 12.5. The summed E-state index contributed by atoms with van der Waals surface area (Å²) in [4.78, 5) is 14.5. The van der Waals surface area contributed by atoms with Crippen LogP contribution in [0.1, 0.15) is 37.3 Å². The number of aryl methyl sites for hydroxylation is 2. The van der Waals surface area contributed by atoms with Crippen LogP contribution in [0.15, 0.2) is 18.2 Å². The minimum atomic E-state index is 0.229. The van der Waals surface area contributed by atoms with Crippen LogP contribution in [0, 0.1) is 12.8 Å². The number of rotatable bonds is 4. The van der Waals surface area contributed by atoms with Crippen molar-refractivity contribution in [2.24, 2.45) is 11.7 Å². The molecule has 1 heterocycles. The first-order valence-corrected chi connectivity index (χ1v) is 7.26. The van der Waals surface area contributed by atoms with Gasteiger partial charge in [0.05, 0.1) is 0 Å². The number of carbonyl (C=O) groups excluding carboxylic acids is 1. The fourth-order valence-corrected chi connectivity index (χ4v) is 2.85. The second-order valence-corrected chi connectivity index (χ2v) is 5.45. The molecule has 2 rings (SSSR count). The Morgan fingerprint density at radius 3 is 2.95 bits per heavy atom. The Kier molecular flexibility index (Phi) is 4.59. The highest BCUT2D eigenvalue weighted by atomic mass is 16.2. The third kappa shape index (κ3) is 2.98. The fourth-order valence-electron chi connectivity index (χ4n) is 2.85. The molecule has 2 N–H and O–H groups in total. The molecule has 0 saturated heterocycles. The summed E-state index contributed by atoms with van der Waals surface area (Å²) in [5.41, 5.74) is 9.37. The zero-order valence-electron chi connectivity index (χ0n) is 12.0. The van der Waals surface area contributed by atoms with E-state index in [1.165, 1.54) is 11.1 Å². The Morgan fingerprint density at radius 2 is 2.26 bits per heavy atom. The summed E-state index contributed by atoms with van der Waals surface area (Å²) in [6.07, 6.45) is 3.67. The van der Waals surface area contributed by atoms with Crippen LogP contribution in [-0.4, -0.2) is 19.0 Å². The quantitative estimate of drug-likeness (QED) is 0.904. The highest BCUT2D eigenvalue weighted by molar-refractivity contribution is 5.95. The van der Waals surface area contributed by atoms with E-state index in [9.17, 15) is 4.79 Å². The zero-order chi connectivity index (χ0) is 13.8. The number of nitrogens with two attached hydrogens (primary N) is 1. The van der Waals surface area contributed by atoms with E-state index >= 15 is 0 Å². The van der Waals surface area contributed by atoms with Crippen molar-refractivity contribution in [3.63, 3.8) is 0 Å². The van der Waals surface area contributed by atoms with E-state index in [1.807, 2.05) is 4.90 Å². The van der Waals surface area contributed by atoms with Crippen molar-refractivity contribution in [2.75, 3.05) is 18.0 Å². The maximum atomic E-state index is 12.5. The predicted octanol–water partition coefficient (Wildman–Crippen LogP) is 2.65. The van der Waals surface area contributed by atoms with E-state index in [1.54, 1.807) is 0 Å². The number of hydrogen-bond donors (Lipinski definition) is 1. The molecule has 0 bridgehead atoms. The lowest BCUT2D eigenvalue weighted by Crippen LogP contribution is -2.37. The van der Waals surface area contributed by atoms with Gasteiger partial charge in [0, 0.05) is 18.7 Å². The van der Waals surface area contributed by atoms with Gasteiger partial charge in [-0.15, -0.1) is 0 Å². The summed E-state index contributed by atoms with van der Waals surface area (Å²) in [6.45, 7) is 5.62. The molecular weight excluding hydrogens is 236 g/mol. The first-order chi connectivity index (χ1) is 9.17. The van der Waals surface area contributed by atoms with E-state index in [0.717, 1.165) is 31.5 Å². The van der Waals surface area contributed by atoms with E-state index < -0.39 is 0 Å². The van der Waals surface area contributed by atoms with Crippen molar-refractivity contribution in [3.05, 3.63) is 29.3 Å². The van der Waals surface area contributed by atoms with Crippen molar-refractivity contribution in [1.29, 1.82) is 0 Å². The van der Waals surface area contributed by atoms with Crippen LogP contribution in [0.25, 0.3) is 0 Å². The van der Waals surface area contributed by atoms with Crippen LogP contribution in [-0.2, 0) is 11.2 Å². The molecule has 1 aromatic rings. The molecule has 0 aromatic heterocycles. The average molecular weight is 260 g/mol. The van der Waals surface area contributed by atoms with Gasteiger partial charge in [-0.05, 0) is 43.4 Å². The van der Waals surface area contributed by atoms with E-state index in [0.29, 0.717) is 18.9 Å². The molecule has 0 saturated carbocycles. The van der Waals surface area contributed by atoms with Crippen molar-refractivity contribution in [3.8, 4) is 0 Å². The second-order valence-electron chi connectivity index (χ2n) is 5.45. The normalized spacial score (nSPS) is 16.1. The van der Waals surface area contributed by atoms with Crippen LogP contribution in [0.4, 0.5) is 5.69 Å². The van der Waals surface area contributed by atoms with Gasteiger partial charge in [-0.1, -0.05) is 31.5 Å². The fraction of sp³-hybridized carbons (Fsp3) is 0.562. The highest BCUT2D eigenvalue weighted by Gasteiger charge is 2.25. The van der Waals surface area contributed by atoms with Gasteiger partial charge < -0.3 is 10.6 Å². The monoisotopic (exact) mass is 260 g/mol. The molecule has 1 atom stereocenters. The maximum Gasteiger partial charge on any atom is 0.227 e. The number of benzene rings is 1. The Bertz CT molecular complexity index is 452. The van der Waals surface area contributed by atoms with Crippen molar-refractivity contribution in [2.45, 2.75) is 39.5 Å². The van der Waals surface area contributed by atoms with Crippen LogP contribution in [0.3, 0.4) is 0 Å². The molecule has 104 valence electrons. The topological polar surface area (TPSA) is 46.3 Å². The van der Waals surface area contributed by atoms with Gasteiger partial charge in [0.15, 0.2) is 0 Å². The van der Waals surface area contributed by atoms with Gasteiger partial charge in [0.2, 0.25) is 5.91 Å². The molecular formula is C16H24N2O. The first kappa shape index (κ1) is 14.1. The molecule has 0 aliphatic carbocycles. The Morgan fingerprint density at radius 1 is 1.47 bits per heavy atom. The number of para-hydroxylation sites is 1. The van der Waals surface area contributed by atoms with Gasteiger partial charge in [0.25, 0.3) is 0 Å². The van der Waals surface area contributed by atoms with Crippen LogP contribution in [0.2, 0.25) is 0 Å². The predicted molar refractivity (Wildman–Crippen MR) is 79.3 cm³/mol. The van der Waals surface area contributed by atoms with E-state index in [-0.39, 0.29) is 5.91 Å². The molecule has 3 nitrogen and oxygen atoms in total. The lowest BCUT2D eigenvalue weighted by Gasteiger charge is -2.32. The molecule has 1 aliphatic rings. The molecule has 0 fully saturated rings. The average Bonchev–Trinajstić information content (AvgIpc) is 2.44. The number of anilines is 1. The van der Waals surface area contributed by atoms with Gasteiger partial charge in [-0.25, -0.2) is 0 Å². The Hall–Kier alpha value is -1.35. The molecule has 1 aliphatic heterocycles. The van der Waals surface area contributed by atoms with E-state index in [4.69, 9.17) is 5.73 Å². The van der Waals surface area contributed by atoms with Crippen molar-refractivity contribution >= 4 is 11.6 Å². The van der Waals surface area contributed by atoms with Crippen LogP contribution in [0.5, 0.6) is 0 Å². The number of carbonyl (C=O) groups is 1. The number of amides is 1. The molecule has 1 aromatic carbocycles. The van der Waals surface area contributed by atoms with Crippen molar-refractivity contribution < 1.29 is 4.79 Å². The molecule has 1 unspecified atom stereocenters. The van der Waals surface area contributed by atoms with Crippen LogP contribution >= 0.6 is 0 Å². The third-order valence-corrected chi connectivity index (χ3v) is 4.09. The highest BCUT2D eigenvalue weighted by Crippen LogP contribution is 2.31. The Labute approximate surface area is 115 Å². The van der Waals surface area contributed by atoms with Gasteiger partial charge in [-0.3, -0.25) is 4.79 Å². The lowest BCUT2D eigenvalue weighted by molar-refractivity contribution is -0.119. The minimum Gasteiger partial charge on any atom is -0.330 e. The SMILES string of the molecule is CCC(CN)CC(=O)N1CCCc2cccc(C)c21. The number of fused-ring (bicyclic) bond motifs is 1. The molecule has 0 spiro atoms. The van der Waals surface area contributed by atoms with Crippen LogP contribution < -0.4 is 10.6 Å². The summed E-state index contributed by atoms with van der Waals surface area (Å²) >= 11 is 0. The number of nitrogens with zero attached hydrogens (tertiary/aromatic N) is 1. The zero-order valence-corrected chi connectivity index (χ0v) is 12.0. The summed E-state index contributed by atoms with van der Waals surface area (Å²) in [5.74, 6) is 0.537. The first-order valence-electron chi connectivity index (χ1n) is 7.26. The van der Waals surface area contributed by atoms with Gasteiger partial charge in [0.1, 0.15) is 0 Å². The largest absolute Gasteiger partial charge is 0.330 e. The standard InChI is InChI=1S/C16H24N2O/c1-3-13(11-17)10-15(19)18-9-5-8-14-7-4-6-12(2)16(14)18/h4,6-7,13H,3,5,8-11,17H2,1-2H3. The summed E-state index contributed by atoms with van der Waals surface area (Å²) in [6, 6.07) is 6.31. The van der Waals surface area contributed by atoms with Gasteiger partial charge in [-0.2, -0.15) is 0 Å². The third-order valence-electron chi connectivity index (χ3n) is 4.09. The number of hydrogen-bond acceptors (Lipinski definition) is 2. The summed E-state index contributed by atoms with van der Waals surface area (Å²) in [5, 5.41) is 0. The summed E-state index contributed by atoms with van der Waals surface area (Å²) < 4.78 is 0. The smallest absolute Gasteiger partial charge is 0.227 e. The van der Waals surface area contributed by atoms with Gasteiger partial charge >= 0.3 is 0 Å². The lowest BCUT2D eigenvalue weighted by atomic mass is 9.96. The molecule has 3 heteroatoms. The van der Waals surface area contributed by atoms with Crippen molar-refractivity contribution in [1.82, 2.24) is 0 Å². The minimum absolute atomic E-state index is 0.229. The van der Waals surface area contributed by atoms with E-state index in [2.05, 4.69) is 32.0 Å². The Balaban J connectivity index is 2.21. The molecule has 1 amide bonds. The summed E-state index contributed by atoms with van der Waals surface area (Å²) in [7, 11) is 0. The molecule has 19 heavy (non-hydrogen) atoms. The second kappa shape index (κ2) is 6.20. The molecule has 0 radical (unpaired) electrons.